The molecule has 3 aromatic rings. The number of benzene rings is 3. The first-order valence-electron chi connectivity index (χ1n) is 16.0. The number of carbonyl (C=O) groups excluding carboxylic acids is 4. The van der Waals surface area contributed by atoms with E-state index in [9.17, 15) is 24.3 Å². The Hall–Kier alpha value is -4.76. The van der Waals surface area contributed by atoms with Gasteiger partial charge >= 0.3 is 0 Å². The predicted octanol–water partition coefficient (Wildman–Crippen LogP) is 4.66. The van der Waals surface area contributed by atoms with Crippen LogP contribution in [-0.4, -0.2) is 55.0 Å². The van der Waals surface area contributed by atoms with E-state index in [0.29, 0.717) is 36.6 Å². The van der Waals surface area contributed by atoms with Crippen molar-refractivity contribution in [2.24, 2.45) is 29.1 Å². The summed E-state index contributed by atoms with van der Waals surface area (Å²) in [7, 11) is 0. The van der Waals surface area contributed by atoms with Gasteiger partial charge < -0.3 is 14.7 Å². The lowest BCUT2D eigenvalue weighted by Gasteiger charge is -2.49. The molecule has 6 unspecified atom stereocenters. The third-order valence-electron chi connectivity index (χ3n) is 11.0. The number of para-hydroxylation sites is 1. The van der Waals surface area contributed by atoms with Gasteiger partial charge in [0.1, 0.15) is 5.75 Å². The van der Waals surface area contributed by atoms with Crippen molar-refractivity contribution in [3.05, 3.63) is 96.1 Å². The van der Waals surface area contributed by atoms with Gasteiger partial charge in [0, 0.05) is 24.7 Å². The molecule has 3 saturated heterocycles. The van der Waals surface area contributed by atoms with Crippen LogP contribution >= 0.6 is 0 Å². The van der Waals surface area contributed by atoms with E-state index in [1.807, 2.05) is 49.4 Å². The summed E-state index contributed by atoms with van der Waals surface area (Å²) in [5, 5.41) is 10.5. The fraction of sp³-hybridized carbons (Fsp3) is 0.351. The first-order valence-corrected chi connectivity index (χ1v) is 16.0. The van der Waals surface area contributed by atoms with E-state index in [1.165, 1.54) is 9.80 Å². The predicted molar refractivity (Wildman–Crippen MR) is 171 cm³/mol. The van der Waals surface area contributed by atoms with E-state index >= 15 is 0 Å². The van der Waals surface area contributed by atoms with Crippen LogP contribution in [-0.2, 0) is 23.9 Å². The van der Waals surface area contributed by atoms with Crippen molar-refractivity contribution in [1.29, 1.82) is 0 Å². The maximum Gasteiger partial charge on any atom is 0.241 e. The number of aromatic hydroxyl groups is 1. The Balaban J connectivity index is 1.18. The average molecular weight is 618 g/mol. The molecule has 3 aliphatic heterocycles. The van der Waals surface area contributed by atoms with Crippen LogP contribution in [0.2, 0.25) is 0 Å². The third-order valence-corrected chi connectivity index (χ3v) is 11.0. The highest BCUT2D eigenvalue weighted by atomic mass is 16.5. The molecule has 9 nitrogen and oxygen atoms in total. The summed E-state index contributed by atoms with van der Waals surface area (Å²) in [4.78, 5) is 61.8. The van der Waals surface area contributed by atoms with Gasteiger partial charge in [0.15, 0.2) is 0 Å². The van der Waals surface area contributed by atoms with E-state index in [2.05, 4.69) is 4.90 Å². The van der Waals surface area contributed by atoms with Crippen LogP contribution in [0.4, 0.5) is 17.1 Å². The molecule has 234 valence electrons. The quantitative estimate of drug-likeness (QED) is 0.335. The zero-order valence-electron chi connectivity index (χ0n) is 25.5. The normalized spacial score (nSPS) is 30.7. The maximum absolute atomic E-state index is 14.4. The maximum atomic E-state index is 14.4. The summed E-state index contributed by atoms with van der Waals surface area (Å²) in [5.41, 5.74) is 2.53. The molecule has 1 saturated carbocycles. The van der Waals surface area contributed by atoms with Crippen molar-refractivity contribution < 1.29 is 29.0 Å². The van der Waals surface area contributed by atoms with Crippen molar-refractivity contribution in [1.82, 2.24) is 0 Å². The lowest BCUT2D eigenvalue weighted by Crippen LogP contribution is -2.48. The number of anilines is 3. The molecule has 0 radical (unpaired) electrons. The van der Waals surface area contributed by atoms with Gasteiger partial charge in [-0.2, -0.15) is 0 Å². The second-order valence-electron chi connectivity index (χ2n) is 13.2. The molecule has 3 heterocycles. The van der Waals surface area contributed by atoms with Gasteiger partial charge in [-0.25, -0.2) is 4.90 Å². The van der Waals surface area contributed by atoms with E-state index in [0.717, 1.165) is 24.4 Å². The summed E-state index contributed by atoms with van der Waals surface area (Å²) in [6, 6.07) is 23.3. The van der Waals surface area contributed by atoms with Crippen molar-refractivity contribution in [3.63, 3.8) is 0 Å². The zero-order valence-corrected chi connectivity index (χ0v) is 25.5. The zero-order chi connectivity index (χ0) is 31.7. The summed E-state index contributed by atoms with van der Waals surface area (Å²) < 4.78 is 5.47. The Labute approximate surface area is 267 Å². The van der Waals surface area contributed by atoms with E-state index < -0.39 is 35.0 Å². The van der Waals surface area contributed by atoms with Crippen molar-refractivity contribution >= 4 is 40.7 Å². The van der Waals surface area contributed by atoms with Gasteiger partial charge in [-0.3, -0.25) is 24.1 Å². The molecule has 0 bridgehead atoms. The summed E-state index contributed by atoms with van der Waals surface area (Å²) in [6.07, 6.45) is 2.68. The summed E-state index contributed by atoms with van der Waals surface area (Å²) in [6.45, 7) is 4.73. The van der Waals surface area contributed by atoms with Crippen LogP contribution in [0.15, 0.2) is 90.5 Å². The fourth-order valence-corrected chi connectivity index (χ4v) is 8.81. The lowest BCUT2D eigenvalue weighted by atomic mass is 9.51. The average Bonchev–Trinajstić information content (AvgIpc) is 3.45. The Morgan fingerprint density at radius 1 is 0.761 bits per heavy atom. The summed E-state index contributed by atoms with van der Waals surface area (Å²) >= 11 is 0. The van der Waals surface area contributed by atoms with Crippen molar-refractivity contribution in [2.75, 3.05) is 41.0 Å². The van der Waals surface area contributed by atoms with Gasteiger partial charge in [-0.05, 0) is 79.8 Å². The highest BCUT2D eigenvalue weighted by molar-refractivity contribution is 6.25. The molecule has 2 aliphatic carbocycles. The number of hydrogen-bond donors (Lipinski definition) is 1. The van der Waals surface area contributed by atoms with E-state index in [-0.39, 0.29) is 35.8 Å². The third kappa shape index (κ3) is 4.10. The minimum atomic E-state index is -1.14. The lowest BCUT2D eigenvalue weighted by molar-refractivity contribution is -0.131. The topological polar surface area (TPSA) is 107 Å². The van der Waals surface area contributed by atoms with Crippen LogP contribution in [0.25, 0.3) is 0 Å². The van der Waals surface area contributed by atoms with Gasteiger partial charge in [0.2, 0.25) is 23.6 Å². The fourth-order valence-electron chi connectivity index (χ4n) is 8.81. The molecule has 4 fully saturated rings. The highest BCUT2D eigenvalue weighted by Crippen LogP contribution is 2.63. The number of allylic oxidation sites excluding steroid dienone is 2. The number of carbonyl (C=O) groups is 4. The number of morpholine rings is 1. The minimum Gasteiger partial charge on any atom is -0.508 e. The Morgan fingerprint density at radius 3 is 2.17 bits per heavy atom. The summed E-state index contributed by atoms with van der Waals surface area (Å²) in [5.74, 6) is -3.90. The van der Waals surface area contributed by atoms with Gasteiger partial charge in [-0.1, -0.05) is 42.0 Å². The van der Waals surface area contributed by atoms with Gasteiger partial charge in [-0.15, -0.1) is 0 Å². The molecule has 4 amide bonds. The number of imide groups is 2. The highest BCUT2D eigenvalue weighted by Gasteiger charge is 2.67. The van der Waals surface area contributed by atoms with Crippen molar-refractivity contribution in [3.8, 4) is 5.75 Å². The number of hydrogen-bond acceptors (Lipinski definition) is 7. The molecule has 3 aromatic carbocycles. The number of fused-ring (bicyclic) bond motifs is 4. The molecule has 0 aromatic heterocycles. The van der Waals surface area contributed by atoms with E-state index in [1.54, 1.807) is 42.5 Å². The second kappa shape index (κ2) is 10.7. The number of phenols is 1. The molecule has 1 N–H and O–H groups in total. The first-order chi connectivity index (χ1) is 22.3. The number of rotatable bonds is 4. The largest absolute Gasteiger partial charge is 0.508 e. The van der Waals surface area contributed by atoms with Crippen LogP contribution in [0.5, 0.6) is 5.75 Å². The SMILES string of the molecule is CC12C(=O)N(c3ccccc3)C(=O)C1CC1C(=CCC3C(=O)N(c4ccc(N5CCOCC5)cc4)C(=O)C31)C2c1cccc(O)c1. The molecule has 46 heavy (non-hydrogen) atoms. The first kappa shape index (κ1) is 28.7. The van der Waals surface area contributed by atoms with Gasteiger partial charge in [0.05, 0.1) is 47.8 Å². The van der Waals surface area contributed by atoms with Crippen molar-refractivity contribution in [2.45, 2.75) is 25.7 Å². The molecule has 9 heteroatoms. The van der Waals surface area contributed by atoms with Gasteiger partial charge in [0.25, 0.3) is 0 Å². The van der Waals surface area contributed by atoms with Crippen LogP contribution in [0.1, 0.15) is 31.2 Å². The minimum absolute atomic E-state index is 0.0598. The van der Waals surface area contributed by atoms with Crippen LogP contribution in [0.3, 0.4) is 0 Å². The number of ether oxygens (including phenoxy) is 1. The Morgan fingerprint density at radius 2 is 1.46 bits per heavy atom. The Kier molecular flexibility index (Phi) is 6.65. The molecule has 6 atom stereocenters. The Bertz CT molecular complexity index is 1780. The molecule has 8 rings (SSSR count). The monoisotopic (exact) mass is 617 g/mol. The smallest absolute Gasteiger partial charge is 0.241 e. The number of nitrogens with zero attached hydrogens (tertiary/aromatic N) is 3. The molecule has 5 aliphatic rings. The van der Waals surface area contributed by atoms with Crippen LogP contribution in [0, 0.1) is 29.1 Å². The molecular formula is C37H35N3O6. The number of phenolic OH excluding ortho intramolecular Hbond substituents is 1. The standard InChI is InChI=1S/C37H35N3O6/c1-37-30(34(43)40(36(37)45)24-7-3-2-4-8-24)21-29-27(32(37)22-6-5-9-26(41)20-22)14-15-28-31(29)35(44)39(33(28)42)25-12-10-23(11-13-25)38-16-18-46-19-17-38/h2-14,20,28-32,41H,15-19,21H2,1H3. The second-order valence-corrected chi connectivity index (χ2v) is 13.2. The van der Waals surface area contributed by atoms with E-state index in [4.69, 9.17) is 4.74 Å². The molecule has 0 spiro atoms. The van der Waals surface area contributed by atoms with Crippen LogP contribution < -0.4 is 14.7 Å². The molecular weight excluding hydrogens is 582 g/mol. The number of amides is 4.